The number of aromatic nitrogens is 5. The molecule has 0 bridgehead atoms. The zero-order chi connectivity index (χ0) is 21.5. The average molecular weight is 425 g/mol. The average Bonchev–Trinajstić information content (AvgIpc) is 3.37. The first-order valence-electron chi connectivity index (χ1n) is 10.8. The first-order valence-corrected chi connectivity index (χ1v) is 10.8. The van der Waals surface area contributed by atoms with Gasteiger partial charge in [0.15, 0.2) is 17.4 Å². The van der Waals surface area contributed by atoms with Crippen molar-refractivity contribution < 1.29 is 10.2 Å². The Bertz CT molecular complexity index is 1200. The third kappa shape index (κ3) is 4.20. The van der Waals surface area contributed by atoms with Gasteiger partial charge in [0.2, 0.25) is 5.95 Å². The molecule has 0 saturated heterocycles. The lowest BCUT2D eigenvalue weighted by Gasteiger charge is -2.32. The minimum atomic E-state index is -0.107. The number of nitrogens with one attached hydrogen (secondary N) is 2. The van der Waals surface area contributed by atoms with E-state index in [0.717, 1.165) is 38.5 Å². The van der Waals surface area contributed by atoms with E-state index in [1.807, 2.05) is 0 Å². The lowest BCUT2D eigenvalue weighted by Crippen LogP contribution is -2.37. The van der Waals surface area contributed by atoms with Crippen LogP contribution in [0.5, 0.6) is 11.8 Å². The molecule has 0 amide bonds. The number of hydrogen-bond acceptors (Lipinski definition) is 8. The summed E-state index contributed by atoms with van der Waals surface area (Å²) >= 11 is 0. The molecule has 2 saturated carbocycles. The highest BCUT2D eigenvalue weighted by atomic mass is 16.3. The summed E-state index contributed by atoms with van der Waals surface area (Å²) in [7, 11) is 4.28. The van der Waals surface area contributed by atoms with Crippen molar-refractivity contribution in [3.63, 3.8) is 0 Å². The van der Waals surface area contributed by atoms with Crippen molar-refractivity contribution >= 4 is 17.7 Å². The first kappa shape index (κ1) is 19.8. The number of hydrogen-bond donors (Lipinski definition) is 4. The van der Waals surface area contributed by atoms with Crippen LogP contribution >= 0.6 is 0 Å². The zero-order valence-electron chi connectivity index (χ0n) is 17.8. The number of anilines is 1. The van der Waals surface area contributed by atoms with E-state index in [0.29, 0.717) is 46.1 Å². The summed E-state index contributed by atoms with van der Waals surface area (Å²) in [6.07, 6.45) is 9.98. The van der Waals surface area contributed by atoms with Crippen LogP contribution in [-0.4, -0.2) is 71.9 Å². The van der Waals surface area contributed by atoms with Crippen LogP contribution in [0, 0.1) is 0 Å². The second kappa shape index (κ2) is 7.84. The molecule has 0 spiro atoms. The van der Waals surface area contributed by atoms with Gasteiger partial charge in [-0.2, -0.15) is 19.6 Å². The molecule has 3 heterocycles. The van der Waals surface area contributed by atoms with Crippen LogP contribution in [0.1, 0.15) is 44.1 Å². The molecular weight excluding hydrogens is 396 g/mol. The Morgan fingerprint density at radius 2 is 1.94 bits per heavy atom. The highest BCUT2D eigenvalue weighted by Gasteiger charge is 2.24. The van der Waals surface area contributed by atoms with E-state index in [-0.39, 0.29) is 11.8 Å². The normalized spacial score (nSPS) is 23.2. The van der Waals surface area contributed by atoms with Gasteiger partial charge in [0, 0.05) is 28.9 Å². The van der Waals surface area contributed by atoms with Crippen molar-refractivity contribution in [2.24, 2.45) is 4.99 Å². The molecule has 10 nitrogen and oxygen atoms in total. The monoisotopic (exact) mass is 424 g/mol. The third-order valence-electron chi connectivity index (χ3n) is 6.11. The highest BCUT2D eigenvalue weighted by molar-refractivity contribution is 5.61. The van der Waals surface area contributed by atoms with Gasteiger partial charge in [0.25, 0.3) is 5.62 Å². The molecular formula is C21H28N8O2. The highest BCUT2D eigenvalue weighted by Crippen LogP contribution is 2.24. The number of aromatic hydroxyl groups is 2. The van der Waals surface area contributed by atoms with E-state index in [2.05, 4.69) is 39.4 Å². The summed E-state index contributed by atoms with van der Waals surface area (Å²) in [4.78, 5) is 18.9. The maximum Gasteiger partial charge on any atom is 0.251 e. The number of fused-ring (bicyclic) bond motifs is 1. The predicted octanol–water partition coefficient (Wildman–Crippen LogP) is 0.759. The van der Waals surface area contributed by atoms with Gasteiger partial charge in [-0.3, -0.25) is 4.98 Å². The van der Waals surface area contributed by atoms with Gasteiger partial charge in [-0.05, 0) is 58.7 Å². The van der Waals surface area contributed by atoms with Crippen LogP contribution in [0.2, 0.25) is 0 Å². The van der Waals surface area contributed by atoms with Crippen molar-refractivity contribution in [1.82, 2.24) is 29.5 Å². The predicted molar refractivity (Wildman–Crippen MR) is 116 cm³/mol. The smallest absolute Gasteiger partial charge is 0.251 e. The molecule has 0 aliphatic heterocycles. The molecule has 164 valence electrons. The quantitative estimate of drug-likeness (QED) is 0.476. The Kier molecular flexibility index (Phi) is 5.01. The summed E-state index contributed by atoms with van der Waals surface area (Å²) in [5.74, 6) is 0.344. The number of rotatable bonds is 5. The van der Waals surface area contributed by atoms with Crippen molar-refractivity contribution in [2.45, 2.75) is 56.7 Å². The van der Waals surface area contributed by atoms with Crippen molar-refractivity contribution in [3.05, 3.63) is 28.7 Å². The van der Waals surface area contributed by atoms with Crippen LogP contribution in [0.15, 0.2) is 17.3 Å². The van der Waals surface area contributed by atoms with Crippen LogP contribution in [0.4, 0.5) is 5.95 Å². The SMILES string of the molecule is CN(C)C1CCC(Nc2nc(=NC3CC3)n3ncc(=Cc4cc(O)[nH]c4O)c3n2)CC1. The van der Waals surface area contributed by atoms with Gasteiger partial charge < -0.3 is 20.4 Å². The molecule has 5 rings (SSSR count). The summed E-state index contributed by atoms with van der Waals surface area (Å²) in [6, 6.07) is 2.71. The Morgan fingerprint density at radius 1 is 1.16 bits per heavy atom. The van der Waals surface area contributed by atoms with Crippen molar-refractivity contribution in [2.75, 3.05) is 19.4 Å². The topological polar surface area (TPSA) is 127 Å². The molecule has 0 radical (unpaired) electrons. The Labute approximate surface area is 179 Å². The molecule has 2 aliphatic carbocycles. The summed E-state index contributed by atoms with van der Waals surface area (Å²) in [5.41, 5.74) is 1.61. The van der Waals surface area contributed by atoms with Crippen LogP contribution in [0.25, 0.3) is 11.7 Å². The first-order chi connectivity index (χ1) is 15.0. The fourth-order valence-electron chi connectivity index (χ4n) is 4.14. The number of nitrogens with zero attached hydrogens (tertiary/aromatic N) is 6. The fourth-order valence-corrected chi connectivity index (χ4v) is 4.14. The minimum absolute atomic E-state index is 0.102. The summed E-state index contributed by atoms with van der Waals surface area (Å²) in [6.45, 7) is 0. The van der Waals surface area contributed by atoms with Crippen LogP contribution in [0.3, 0.4) is 0 Å². The molecule has 31 heavy (non-hydrogen) atoms. The summed E-state index contributed by atoms with van der Waals surface area (Å²) in [5, 5.41) is 28.2. The maximum atomic E-state index is 9.97. The molecule has 0 aromatic carbocycles. The minimum Gasteiger partial charge on any atom is -0.494 e. The van der Waals surface area contributed by atoms with E-state index in [9.17, 15) is 10.2 Å². The Hall–Kier alpha value is -3.14. The second-order valence-corrected chi connectivity index (χ2v) is 8.76. The molecule has 0 atom stereocenters. The van der Waals surface area contributed by atoms with Gasteiger partial charge in [-0.1, -0.05) is 0 Å². The van der Waals surface area contributed by atoms with Crippen LogP contribution < -0.4 is 16.2 Å². The second-order valence-electron chi connectivity index (χ2n) is 8.76. The fraction of sp³-hybridized carbons (Fsp3) is 0.524. The largest absolute Gasteiger partial charge is 0.494 e. The van der Waals surface area contributed by atoms with E-state index in [4.69, 9.17) is 9.98 Å². The third-order valence-corrected chi connectivity index (χ3v) is 6.11. The Balaban J connectivity index is 1.51. The van der Waals surface area contributed by atoms with E-state index in [1.54, 1.807) is 16.8 Å². The maximum absolute atomic E-state index is 9.97. The van der Waals surface area contributed by atoms with Crippen molar-refractivity contribution in [3.8, 4) is 11.8 Å². The van der Waals surface area contributed by atoms with Gasteiger partial charge in [-0.15, -0.1) is 0 Å². The van der Waals surface area contributed by atoms with E-state index in [1.165, 1.54) is 6.07 Å². The molecule has 3 aromatic rings. The van der Waals surface area contributed by atoms with Crippen molar-refractivity contribution in [1.29, 1.82) is 0 Å². The Morgan fingerprint density at radius 3 is 2.58 bits per heavy atom. The summed E-state index contributed by atoms with van der Waals surface area (Å²) < 4.78 is 1.64. The molecule has 10 heteroatoms. The van der Waals surface area contributed by atoms with Gasteiger partial charge >= 0.3 is 0 Å². The zero-order valence-corrected chi connectivity index (χ0v) is 17.8. The number of H-pyrrole nitrogens is 1. The van der Waals surface area contributed by atoms with Gasteiger partial charge in [0.1, 0.15) is 0 Å². The molecule has 4 N–H and O–H groups in total. The standard InChI is InChI=1S/C21H28N8O2/c1-28(2)16-7-5-14(6-8-16)23-20-26-18-13(9-12-10-17(30)25-19(12)31)11-22-29(18)21(27-20)24-15-3-4-15/h9-11,14-16,25,30-31H,3-8H2,1-2H3,(H,23,24,27). The lowest BCUT2D eigenvalue weighted by atomic mass is 9.91. The van der Waals surface area contributed by atoms with Gasteiger partial charge in [-0.25, -0.2) is 4.99 Å². The lowest BCUT2D eigenvalue weighted by molar-refractivity contribution is 0.221. The molecule has 2 fully saturated rings. The number of aromatic amines is 1. The molecule has 3 aromatic heterocycles. The van der Waals surface area contributed by atoms with Crippen LogP contribution in [-0.2, 0) is 0 Å². The van der Waals surface area contributed by atoms with E-state index >= 15 is 0 Å². The van der Waals surface area contributed by atoms with Gasteiger partial charge in [0.05, 0.1) is 12.2 Å². The molecule has 2 aliphatic rings. The van der Waals surface area contributed by atoms with E-state index < -0.39 is 0 Å². The molecule has 0 unspecified atom stereocenters.